The Kier molecular flexibility index (Phi) is 17.0. The molecular weight excluding hydrogens is 1180 g/mol. The average Bonchev–Trinajstić information content (AvgIpc) is 2.23. The molecule has 0 spiro atoms. The molecule has 2 aromatic heterocycles. The van der Waals surface area contributed by atoms with E-state index in [0.717, 1.165) is 58.9 Å². The fourth-order valence-corrected chi connectivity index (χ4v) is 12.9. The normalized spacial score (nSPS) is 14.7. The van der Waals surface area contributed by atoms with Crippen LogP contribution < -0.4 is 18.1 Å². The number of alkyl halides is 6. The average molecular weight is 1230 g/mol. The fraction of sp³-hybridized carbons (Fsp3) is 0.220. The van der Waals surface area contributed by atoms with Gasteiger partial charge in [0.15, 0.2) is 0 Å². The summed E-state index contributed by atoms with van der Waals surface area (Å²) in [5.41, 5.74) is -0.0527. The Morgan fingerprint density at radius 3 is 1.28 bits per heavy atom. The number of benzene rings is 6. The molecule has 0 aliphatic carbocycles. The number of hydrogen-bond acceptors (Lipinski definition) is 9. The Bertz CT molecular complexity index is 4150. The summed E-state index contributed by atoms with van der Waals surface area (Å²) in [7, 11) is -6.15. The van der Waals surface area contributed by atoms with Gasteiger partial charge in [-0.3, -0.25) is 8.61 Å². The van der Waals surface area contributed by atoms with Gasteiger partial charge in [0.2, 0.25) is 20.0 Å². The zero-order valence-corrected chi connectivity index (χ0v) is 46.5. The highest BCUT2D eigenvalue weighted by Crippen LogP contribution is 2.43. The third kappa shape index (κ3) is 13.1. The highest BCUT2D eigenvalue weighted by molar-refractivity contribution is 7.93. The van der Waals surface area contributed by atoms with Crippen LogP contribution in [-0.2, 0) is 50.3 Å². The van der Waals surface area contributed by atoms with Gasteiger partial charge >= 0.3 is 24.3 Å². The number of esters is 1. The molecule has 0 atom stereocenters. The number of carbonyl (C=O) groups excluding carboxylic acids is 1. The number of aromatic carboxylic acids is 1. The second kappa shape index (κ2) is 23.7. The van der Waals surface area contributed by atoms with Gasteiger partial charge in [-0.15, -0.1) is 0 Å². The van der Waals surface area contributed by atoms with Crippen molar-refractivity contribution in [1.82, 2.24) is 9.13 Å². The van der Waals surface area contributed by atoms with Crippen molar-refractivity contribution in [3.05, 3.63) is 201 Å². The second-order valence-corrected chi connectivity index (χ2v) is 23.6. The van der Waals surface area contributed by atoms with E-state index in [1.165, 1.54) is 64.5 Å². The van der Waals surface area contributed by atoms with Gasteiger partial charge < -0.3 is 28.5 Å². The van der Waals surface area contributed by atoms with Crippen molar-refractivity contribution in [3.63, 3.8) is 0 Å². The largest absolute Gasteiger partial charge is 0.488 e. The smallest absolute Gasteiger partial charge is 0.416 e. The minimum absolute atomic E-state index is 0.00994. The summed E-state index contributed by atoms with van der Waals surface area (Å²) >= 11 is 0. The first-order valence-corrected chi connectivity index (χ1v) is 28.8. The van der Waals surface area contributed by atoms with Crippen LogP contribution in [0, 0.1) is 37.1 Å². The number of carboxylic acid groups (broad SMARTS) is 1. The molecule has 446 valence electrons. The molecule has 0 unspecified atom stereocenters. The van der Waals surface area contributed by atoms with E-state index in [1.807, 2.05) is 0 Å². The molecular formula is C59H48F10N4O10S2. The zero-order chi connectivity index (χ0) is 61.5. The highest BCUT2D eigenvalue weighted by Gasteiger charge is 2.35. The number of aromatic nitrogens is 2. The predicted molar refractivity (Wildman–Crippen MR) is 293 cm³/mol. The van der Waals surface area contributed by atoms with E-state index in [2.05, 4.69) is 0 Å². The van der Waals surface area contributed by atoms with Gasteiger partial charge in [0.1, 0.15) is 48.0 Å². The van der Waals surface area contributed by atoms with Crippen LogP contribution in [0.3, 0.4) is 0 Å². The number of carboxylic acids is 1. The molecule has 0 bridgehead atoms. The summed E-state index contributed by atoms with van der Waals surface area (Å²) in [6, 6.07) is 25.9. The molecule has 2 aliphatic heterocycles. The van der Waals surface area contributed by atoms with Crippen LogP contribution in [0.15, 0.2) is 133 Å². The van der Waals surface area contributed by atoms with Crippen LogP contribution in [0.25, 0.3) is 33.9 Å². The van der Waals surface area contributed by atoms with Gasteiger partial charge in [0.05, 0.1) is 63.6 Å². The van der Waals surface area contributed by atoms with Crippen LogP contribution in [0.1, 0.15) is 67.2 Å². The topological polar surface area (TPSA) is 167 Å². The maximum Gasteiger partial charge on any atom is 0.416 e. The van der Waals surface area contributed by atoms with Crippen molar-refractivity contribution in [2.24, 2.45) is 0 Å². The van der Waals surface area contributed by atoms with Crippen molar-refractivity contribution >= 4 is 43.4 Å². The molecule has 2 saturated heterocycles. The lowest BCUT2D eigenvalue weighted by molar-refractivity contribution is -0.138. The van der Waals surface area contributed by atoms with E-state index < -0.39 is 91.9 Å². The zero-order valence-electron chi connectivity index (χ0n) is 44.9. The van der Waals surface area contributed by atoms with E-state index in [0.29, 0.717) is 36.4 Å². The summed E-state index contributed by atoms with van der Waals surface area (Å²) < 4.78 is 210. The predicted octanol–water partition coefficient (Wildman–Crippen LogP) is 13.2. The Hall–Kier alpha value is -8.78. The number of anilines is 2. The van der Waals surface area contributed by atoms with Crippen molar-refractivity contribution in [1.29, 1.82) is 0 Å². The maximum atomic E-state index is 14.3. The Morgan fingerprint density at radius 2 is 0.918 bits per heavy atom. The number of hydrogen-bond donors (Lipinski definition) is 1. The lowest BCUT2D eigenvalue weighted by atomic mass is 10.1. The number of sulfonamides is 2. The van der Waals surface area contributed by atoms with Gasteiger partial charge in [-0.05, 0) is 148 Å². The molecule has 8 aromatic rings. The molecule has 85 heavy (non-hydrogen) atoms. The summed E-state index contributed by atoms with van der Waals surface area (Å²) in [4.78, 5) is 24.6. The van der Waals surface area contributed by atoms with Gasteiger partial charge in [-0.25, -0.2) is 44.0 Å². The Balaban J connectivity index is 0.000000204. The minimum Gasteiger partial charge on any atom is -0.488 e. The number of nitrogens with zero attached hydrogens (tertiary/aromatic N) is 4. The molecule has 14 nitrogen and oxygen atoms in total. The maximum absolute atomic E-state index is 14.3. The molecule has 0 saturated carbocycles. The summed E-state index contributed by atoms with van der Waals surface area (Å²) in [5, 5.41) is 9.77. The summed E-state index contributed by atoms with van der Waals surface area (Å²) in [6.45, 7) is 2.84. The SMILES string of the molecule is COC(=O)c1cc(N2CCCS2(=O)=O)cc(-n2c(C)ccc2-c2cc(C(F)(F)F)ccc2OCc2ccc(F)cc2F)c1.Cc1ccc(-c2cc(C(F)(F)F)ccc2OCc2ccc(F)cc2F)n1-c1cc(C(=O)O)cc(N2CCCS2(=O)=O)c1. The molecule has 4 heterocycles. The number of ether oxygens (including phenoxy) is 3. The number of halogens is 10. The van der Waals surface area contributed by atoms with Crippen LogP contribution in [0.2, 0.25) is 0 Å². The van der Waals surface area contributed by atoms with Crippen molar-refractivity contribution in [3.8, 4) is 45.4 Å². The van der Waals surface area contributed by atoms with E-state index in [9.17, 15) is 75.4 Å². The van der Waals surface area contributed by atoms with Crippen molar-refractivity contribution < 1.29 is 89.6 Å². The third-order valence-electron chi connectivity index (χ3n) is 13.9. The summed E-state index contributed by atoms with van der Waals surface area (Å²) in [6.07, 6.45) is -8.69. The Labute approximate surface area is 479 Å². The lowest BCUT2D eigenvalue weighted by Crippen LogP contribution is -2.25. The molecule has 10 rings (SSSR count). The van der Waals surface area contributed by atoms with Crippen LogP contribution >= 0.6 is 0 Å². The van der Waals surface area contributed by atoms with E-state index in [4.69, 9.17) is 14.2 Å². The van der Waals surface area contributed by atoms with Crippen molar-refractivity contribution in [2.45, 2.75) is 52.3 Å². The van der Waals surface area contributed by atoms with E-state index in [1.54, 1.807) is 36.6 Å². The van der Waals surface area contributed by atoms with Crippen molar-refractivity contribution in [2.75, 3.05) is 40.3 Å². The first-order chi connectivity index (χ1) is 40.0. The first-order valence-electron chi connectivity index (χ1n) is 25.6. The second-order valence-electron chi connectivity index (χ2n) is 19.6. The third-order valence-corrected chi connectivity index (χ3v) is 17.6. The Morgan fingerprint density at radius 1 is 0.518 bits per heavy atom. The molecule has 0 radical (unpaired) electrons. The number of rotatable bonds is 14. The van der Waals surface area contributed by atoms with Gasteiger partial charge in [0, 0.05) is 70.2 Å². The number of methoxy groups -OCH3 is 1. The highest BCUT2D eigenvalue weighted by atomic mass is 32.2. The molecule has 0 amide bonds. The van der Waals surface area contributed by atoms with Gasteiger partial charge in [-0.2, -0.15) is 26.3 Å². The standard InChI is InChI=1S/C30H25F5N2O5S.C29H23F5N2O5S/c1-18-4-8-27(37(18)24-13-20(29(38)41-2)12-23(16-24)36-10-3-11-43(36,39)40)25-14-21(30(33,34)35)6-9-28(25)42-17-19-5-7-22(31)15-26(19)32;1-17-3-7-26(36(17)23-12-19(28(37)38)11-22(15-23)35-9-2-10-42(35,39)40)24-13-20(29(32,33)34)5-8-27(24)41-16-18-4-6-21(30)14-25(18)31/h4-9,12-16H,3,10-11,17H2,1-2H3;3-8,11-15H,2,9-10,16H2,1H3,(H,37,38). The molecule has 2 aliphatic rings. The minimum atomic E-state index is -4.72. The van der Waals surface area contributed by atoms with Crippen LogP contribution in [-0.4, -0.2) is 74.7 Å². The van der Waals surface area contributed by atoms with Crippen LogP contribution in [0.4, 0.5) is 55.3 Å². The van der Waals surface area contributed by atoms with Gasteiger partial charge in [-0.1, -0.05) is 0 Å². The fourth-order valence-electron chi connectivity index (χ4n) is 9.79. The number of aryl methyl sites for hydroxylation is 2. The van der Waals surface area contributed by atoms with E-state index in [-0.39, 0.29) is 104 Å². The molecule has 1 N–H and O–H groups in total. The monoisotopic (exact) mass is 1230 g/mol. The van der Waals surface area contributed by atoms with E-state index >= 15 is 0 Å². The van der Waals surface area contributed by atoms with Crippen LogP contribution in [0.5, 0.6) is 11.5 Å². The van der Waals surface area contributed by atoms with Gasteiger partial charge in [0.25, 0.3) is 0 Å². The first kappa shape index (κ1) is 60.8. The summed E-state index contributed by atoms with van der Waals surface area (Å²) in [5.74, 6) is -5.68. The molecule has 2 fully saturated rings. The number of carbonyl (C=O) groups is 2. The lowest BCUT2D eigenvalue weighted by Gasteiger charge is -2.21. The molecule has 6 aromatic carbocycles. The molecule has 26 heteroatoms. The quantitative estimate of drug-likeness (QED) is 0.0818.